The first-order valence-electron chi connectivity index (χ1n) is 6.74. The molecule has 5 nitrogen and oxygen atoms in total. The molecule has 0 spiro atoms. The van der Waals surface area contributed by atoms with Crippen molar-refractivity contribution in [3.05, 3.63) is 42.0 Å². The topological polar surface area (TPSA) is 57.0 Å². The highest BCUT2D eigenvalue weighted by Gasteiger charge is 2.11. The summed E-state index contributed by atoms with van der Waals surface area (Å²) in [5.74, 6) is 1.63. The summed E-state index contributed by atoms with van der Waals surface area (Å²) >= 11 is 0. The molecule has 0 unspecified atom stereocenters. The largest absolute Gasteiger partial charge is 0.497 e. The molecule has 0 saturated carbocycles. The minimum Gasteiger partial charge on any atom is -0.497 e. The van der Waals surface area contributed by atoms with Crippen molar-refractivity contribution in [2.75, 3.05) is 7.11 Å². The third kappa shape index (κ3) is 3.66. The Morgan fingerprint density at radius 3 is 2.95 bits per heavy atom. The molecule has 0 amide bonds. The summed E-state index contributed by atoms with van der Waals surface area (Å²) < 4.78 is 6.95. The van der Waals surface area contributed by atoms with Crippen LogP contribution in [0.1, 0.15) is 24.7 Å². The Kier molecular flexibility index (Phi) is 4.87. The third-order valence-electron chi connectivity index (χ3n) is 3.02. The number of hydrogen-bond donors (Lipinski definition) is 0. The predicted octanol–water partition coefficient (Wildman–Crippen LogP) is 2.05. The van der Waals surface area contributed by atoms with E-state index in [1.54, 1.807) is 11.8 Å². The molecule has 0 atom stereocenters. The standard InChI is InChI=1S/C15H19N3O2/c1-3-7-18-15(16-11-17-18)10-13(19)8-12-5-4-6-14(9-12)20-2/h4-6,9,11H,3,7-8,10H2,1-2H3. The van der Waals surface area contributed by atoms with E-state index in [-0.39, 0.29) is 5.78 Å². The van der Waals surface area contributed by atoms with Crippen LogP contribution in [0.3, 0.4) is 0 Å². The lowest BCUT2D eigenvalue weighted by Gasteiger charge is -2.05. The van der Waals surface area contributed by atoms with E-state index in [1.165, 1.54) is 6.33 Å². The van der Waals surface area contributed by atoms with E-state index >= 15 is 0 Å². The lowest BCUT2D eigenvalue weighted by Crippen LogP contribution is -2.13. The fourth-order valence-electron chi connectivity index (χ4n) is 2.07. The normalized spacial score (nSPS) is 10.5. The second-order valence-electron chi connectivity index (χ2n) is 4.64. The van der Waals surface area contributed by atoms with Gasteiger partial charge in [0.05, 0.1) is 13.5 Å². The average molecular weight is 273 g/mol. The molecule has 2 aromatic rings. The Bertz CT molecular complexity index is 578. The van der Waals surface area contributed by atoms with E-state index < -0.39 is 0 Å². The van der Waals surface area contributed by atoms with Gasteiger partial charge in [-0.15, -0.1) is 0 Å². The first-order chi connectivity index (χ1) is 9.72. The lowest BCUT2D eigenvalue weighted by molar-refractivity contribution is -0.117. The van der Waals surface area contributed by atoms with Crippen molar-refractivity contribution in [2.24, 2.45) is 0 Å². The highest BCUT2D eigenvalue weighted by atomic mass is 16.5. The number of ether oxygens (including phenoxy) is 1. The van der Waals surface area contributed by atoms with Crippen molar-refractivity contribution in [1.29, 1.82) is 0 Å². The highest BCUT2D eigenvalue weighted by molar-refractivity contribution is 5.82. The van der Waals surface area contributed by atoms with Gasteiger partial charge in [0.1, 0.15) is 23.7 Å². The fraction of sp³-hybridized carbons (Fsp3) is 0.400. The first-order valence-corrected chi connectivity index (χ1v) is 6.74. The van der Waals surface area contributed by atoms with Gasteiger partial charge in [-0.05, 0) is 24.1 Å². The number of Topliss-reactive ketones (excluding diaryl/α,β-unsaturated/α-hetero) is 1. The van der Waals surface area contributed by atoms with E-state index in [1.807, 2.05) is 24.3 Å². The molecule has 2 rings (SSSR count). The maximum absolute atomic E-state index is 12.1. The third-order valence-corrected chi connectivity index (χ3v) is 3.02. The van der Waals surface area contributed by atoms with Gasteiger partial charge in [0.2, 0.25) is 0 Å². The van der Waals surface area contributed by atoms with Gasteiger partial charge in [0.25, 0.3) is 0 Å². The minimum absolute atomic E-state index is 0.128. The van der Waals surface area contributed by atoms with Gasteiger partial charge in [-0.3, -0.25) is 4.79 Å². The number of methoxy groups -OCH3 is 1. The second-order valence-corrected chi connectivity index (χ2v) is 4.64. The number of nitrogens with zero attached hydrogens (tertiary/aromatic N) is 3. The first kappa shape index (κ1) is 14.2. The van der Waals surface area contributed by atoms with Crippen molar-refractivity contribution >= 4 is 5.78 Å². The molecule has 106 valence electrons. The summed E-state index contributed by atoms with van der Waals surface area (Å²) in [6, 6.07) is 7.57. The smallest absolute Gasteiger partial charge is 0.144 e. The molecule has 0 N–H and O–H groups in total. The maximum atomic E-state index is 12.1. The Morgan fingerprint density at radius 2 is 2.20 bits per heavy atom. The molecular weight excluding hydrogens is 254 g/mol. The lowest BCUT2D eigenvalue weighted by atomic mass is 10.1. The Hall–Kier alpha value is -2.17. The van der Waals surface area contributed by atoms with Crippen molar-refractivity contribution < 1.29 is 9.53 Å². The van der Waals surface area contributed by atoms with Gasteiger partial charge < -0.3 is 4.74 Å². The van der Waals surface area contributed by atoms with Crippen LogP contribution in [0.5, 0.6) is 5.75 Å². The minimum atomic E-state index is 0.128. The summed E-state index contributed by atoms with van der Waals surface area (Å²) in [6.07, 6.45) is 3.18. The average Bonchev–Trinajstić information content (AvgIpc) is 2.86. The van der Waals surface area contributed by atoms with Gasteiger partial charge in [-0.1, -0.05) is 19.1 Å². The zero-order chi connectivity index (χ0) is 14.4. The van der Waals surface area contributed by atoms with Gasteiger partial charge in [-0.25, -0.2) is 9.67 Å². The molecule has 1 aromatic carbocycles. The van der Waals surface area contributed by atoms with Crippen molar-refractivity contribution in [1.82, 2.24) is 14.8 Å². The maximum Gasteiger partial charge on any atom is 0.144 e. The van der Waals surface area contributed by atoms with E-state index in [9.17, 15) is 4.79 Å². The van der Waals surface area contributed by atoms with E-state index in [2.05, 4.69) is 17.0 Å². The molecule has 0 aliphatic rings. The summed E-state index contributed by atoms with van der Waals surface area (Å²) in [7, 11) is 1.62. The number of ketones is 1. The van der Waals surface area contributed by atoms with Crippen LogP contribution in [0.4, 0.5) is 0 Å². The number of hydrogen-bond acceptors (Lipinski definition) is 4. The van der Waals surface area contributed by atoms with Crippen molar-refractivity contribution in [2.45, 2.75) is 32.7 Å². The number of aryl methyl sites for hydroxylation is 1. The number of carbonyl (C=O) groups is 1. The van der Waals surface area contributed by atoms with Crippen LogP contribution in [-0.2, 0) is 24.2 Å². The highest BCUT2D eigenvalue weighted by Crippen LogP contribution is 2.13. The molecule has 0 bridgehead atoms. The van der Waals surface area contributed by atoms with Crippen LogP contribution in [0.2, 0.25) is 0 Å². The summed E-state index contributed by atoms with van der Waals surface area (Å²) in [6.45, 7) is 2.87. The molecule has 5 heteroatoms. The second kappa shape index (κ2) is 6.84. The SMILES string of the molecule is CCCn1ncnc1CC(=O)Cc1cccc(OC)c1. The zero-order valence-corrected chi connectivity index (χ0v) is 11.9. The molecule has 0 saturated heterocycles. The van der Waals surface area contributed by atoms with Gasteiger partial charge in [0.15, 0.2) is 0 Å². The molecule has 1 aromatic heterocycles. The Morgan fingerprint density at radius 1 is 1.35 bits per heavy atom. The number of carbonyl (C=O) groups excluding carboxylic acids is 1. The van der Waals surface area contributed by atoms with Crippen LogP contribution >= 0.6 is 0 Å². The van der Waals surface area contributed by atoms with Crippen LogP contribution in [0, 0.1) is 0 Å². The molecular formula is C15H19N3O2. The number of aromatic nitrogens is 3. The van der Waals surface area contributed by atoms with Crippen LogP contribution in [0.25, 0.3) is 0 Å². The molecule has 0 aliphatic heterocycles. The number of benzene rings is 1. The van der Waals surface area contributed by atoms with Crippen molar-refractivity contribution in [3.63, 3.8) is 0 Å². The van der Waals surface area contributed by atoms with Gasteiger partial charge in [-0.2, -0.15) is 5.10 Å². The van der Waals surface area contributed by atoms with Crippen molar-refractivity contribution in [3.8, 4) is 5.75 Å². The van der Waals surface area contributed by atoms with E-state index in [0.29, 0.717) is 12.8 Å². The molecule has 20 heavy (non-hydrogen) atoms. The summed E-state index contributed by atoms with van der Waals surface area (Å²) in [5.41, 5.74) is 0.955. The fourth-order valence-corrected chi connectivity index (χ4v) is 2.07. The van der Waals surface area contributed by atoms with Crippen LogP contribution < -0.4 is 4.74 Å². The monoisotopic (exact) mass is 273 g/mol. The quantitative estimate of drug-likeness (QED) is 0.774. The molecule has 0 radical (unpaired) electrons. The van der Waals surface area contributed by atoms with Gasteiger partial charge in [0, 0.05) is 13.0 Å². The predicted molar refractivity (Wildman–Crippen MR) is 75.7 cm³/mol. The van der Waals surface area contributed by atoms with E-state index in [4.69, 9.17) is 4.74 Å². The Balaban J connectivity index is 1.99. The molecule has 0 fully saturated rings. The molecule has 1 heterocycles. The summed E-state index contributed by atoms with van der Waals surface area (Å²) in [5, 5.41) is 4.13. The summed E-state index contributed by atoms with van der Waals surface area (Å²) in [4.78, 5) is 16.3. The van der Waals surface area contributed by atoms with Gasteiger partial charge >= 0.3 is 0 Å². The van der Waals surface area contributed by atoms with Crippen LogP contribution in [0.15, 0.2) is 30.6 Å². The number of rotatable bonds is 7. The van der Waals surface area contributed by atoms with Crippen LogP contribution in [-0.4, -0.2) is 27.7 Å². The van der Waals surface area contributed by atoms with E-state index in [0.717, 1.165) is 30.1 Å². The molecule has 0 aliphatic carbocycles. The Labute approximate surface area is 118 Å². The zero-order valence-electron chi connectivity index (χ0n) is 11.9.